The second-order valence-electron chi connectivity index (χ2n) is 3.93. The van der Waals surface area contributed by atoms with E-state index in [1.807, 2.05) is 11.3 Å². The van der Waals surface area contributed by atoms with Crippen molar-refractivity contribution in [3.8, 4) is 0 Å². The Morgan fingerprint density at radius 2 is 2.46 bits per heavy atom. The highest BCUT2D eigenvalue weighted by Crippen LogP contribution is 2.28. The van der Waals surface area contributed by atoms with E-state index in [1.54, 1.807) is 0 Å². The first-order valence-electron chi connectivity index (χ1n) is 4.86. The molecule has 0 saturated carbocycles. The van der Waals surface area contributed by atoms with Gasteiger partial charge in [-0.25, -0.2) is 4.98 Å². The van der Waals surface area contributed by atoms with Gasteiger partial charge in [0, 0.05) is 23.5 Å². The molecular formula is C10H16N2S. The van der Waals surface area contributed by atoms with Gasteiger partial charge in [-0.1, -0.05) is 0 Å². The standard InChI is InChI=1S/C10H16N2S/c1-8-7-13-10(11-8)9-4-3-5-12(2)6-9/h7,9H,3-6H2,1-2H3. The summed E-state index contributed by atoms with van der Waals surface area (Å²) in [5, 5.41) is 3.49. The number of rotatable bonds is 1. The normalized spacial score (nSPS) is 24.9. The highest BCUT2D eigenvalue weighted by Gasteiger charge is 2.20. The van der Waals surface area contributed by atoms with Crippen molar-refractivity contribution in [1.29, 1.82) is 0 Å². The zero-order valence-corrected chi connectivity index (χ0v) is 9.10. The van der Waals surface area contributed by atoms with Crippen molar-refractivity contribution >= 4 is 11.3 Å². The maximum Gasteiger partial charge on any atom is 0.0971 e. The fraction of sp³-hybridized carbons (Fsp3) is 0.700. The van der Waals surface area contributed by atoms with Crippen LogP contribution in [0.1, 0.15) is 29.5 Å². The third-order valence-corrected chi connectivity index (χ3v) is 3.74. The van der Waals surface area contributed by atoms with Crippen molar-refractivity contribution in [3.05, 3.63) is 16.1 Å². The molecule has 1 aliphatic rings. The molecule has 2 nitrogen and oxygen atoms in total. The number of likely N-dealkylation sites (tertiary alicyclic amines) is 1. The number of aromatic nitrogens is 1. The molecule has 1 aromatic rings. The summed E-state index contributed by atoms with van der Waals surface area (Å²) in [5.41, 5.74) is 1.17. The molecule has 1 saturated heterocycles. The quantitative estimate of drug-likeness (QED) is 0.685. The average molecular weight is 196 g/mol. The molecule has 2 rings (SSSR count). The molecule has 1 atom stereocenters. The van der Waals surface area contributed by atoms with Crippen LogP contribution in [0, 0.1) is 6.92 Å². The van der Waals surface area contributed by atoms with Gasteiger partial charge in [-0.2, -0.15) is 0 Å². The van der Waals surface area contributed by atoms with Crippen LogP contribution >= 0.6 is 11.3 Å². The third-order valence-electron chi connectivity index (χ3n) is 2.61. The van der Waals surface area contributed by atoms with Gasteiger partial charge in [0.05, 0.1) is 5.01 Å². The van der Waals surface area contributed by atoms with Gasteiger partial charge in [0.1, 0.15) is 0 Å². The molecule has 1 aromatic heterocycles. The maximum absolute atomic E-state index is 4.56. The van der Waals surface area contributed by atoms with E-state index in [-0.39, 0.29) is 0 Å². The van der Waals surface area contributed by atoms with Crippen LogP contribution in [0.2, 0.25) is 0 Å². The molecule has 0 aliphatic carbocycles. The summed E-state index contributed by atoms with van der Waals surface area (Å²) < 4.78 is 0. The Labute approximate surface area is 83.6 Å². The van der Waals surface area contributed by atoms with Crippen LogP contribution in [-0.2, 0) is 0 Å². The van der Waals surface area contributed by atoms with E-state index in [0.29, 0.717) is 5.92 Å². The summed E-state index contributed by atoms with van der Waals surface area (Å²) in [6.07, 6.45) is 2.64. The summed E-state index contributed by atoms with van der Waals surface area (Å²) in [7, 11) is 2.20. The molecule has 0 spiro atoms. The molecule has 0 N–H and O–H groups in total. The molecule has 2 heterocycles. The molecule has 0 aromatic carbocycles. The van der Waals surface area contributed by atoms with Crippen LogP contribution in [0.25, 0.3) is 0 Å². The predicted molar refractivity (Wildman–Crippen MR) is 56.3 cm³/mol. The first-order chi connectivity index (χ1) is 6.25. The number of hydrogen-bond donors (Lipinski definition) is 0. The number of piperidine rings is 1. The van der Waals surface area contributed by atoms with E-state index in [0.717, 1.165) is 0 Å². The van der Waals surface area contributed by atoms with Gasteiger partial charge in [0.25, 0.3) is 0 Å². The third kappa shape index (κ3) is 2.09. The molecule has 3 heteroatoms. The minimum atomic E-state index is 0.692. The Morgan fingerprint density at radius 3 is 3.08 bits per heavy atom. The van der Waals surface area contributed by atoms with Gasteiger partial charge in [-0.3, -0.25) is 0 Å². The largest absolute Gasteiger partial charge is 0.306 e. The first kappa shape index (κ1) is 9.16. The van der Waals surface area contributed by atoms with Crippen LogP contribution in [-0.4, -0.2) is 30.0 Å². The second kappa shape index (κ2) is 3.76. The summed E-state index contributed by atoms with van der Waals surface area (Å²) in [6, 6.07) is 0. The smallest absolute Gasteiger partial charge is 0.0971 e. The highest BCUT2D eigenvalue weighted by molar-refractivity contribution is 7.09. The topological polar surface area (TPSA) is 16.1 Å². The van der Waals surface area contributed by atoms with Crippen molar-refractivity contribution in [2.75, 3.05) is 20.1 Å². The fourth-order valence-corrected chi connectivity index (χ4v) is 2.85. The van der Waals surface area contributed by atoms with Crippen molar-refractivity contribution in [2.45, 2.75) is 25.7 Å². The highest BCUT2D eigenvalue weighted by atomic mass is 32.1. The second-order valence-corrected chi connectivity index (χ2v) is 4.82. The summed E-state index contributed by atoms with van der Waals surface area (Å²) in [6.45, 7) is 4.51. The molecule has 0 amide bonds. The maximum atomic E-state index is 4.56. The lowest BCUT2D eigenvalue weighted by Gasteiger charge is -2.28. The fourth-order valence-electron chi connectivity index (χ4n) is 1.93. The van der Waals surface area contributed by atoms with Gasteiger partial charge in [-0.05, 0) is 33.4 Å². The van der Waals surface area contributed by atoms with E-state index in [4.69, 9.17) is 0 Å². The van der Waals surface area contributed by atoms with Gasteiger partial charge < -0.3 is 4.90 Å². The Bertz CT molecular complexity index is 282. The van der Waals surface area contributed by atoms with Crippen molar-refractivity contribution in [1.82, 2.24) is 9.88 Å². The number of thiazole rings is 1. The molecule has 0 bridgehead atoms. The van der Waals surface area contributed by atoms with Gasteiger partial charge >= 0.3 is 0 Å². The summed E-state index contributed by atoms with van der Waals surface area (Å²) in [4.78, 5) is 6.97. The lowest BCUT2D eigenvalue weighted by atomic mass is 9.99. The monoisotopic (exact) mass is 196 g/mol. The zero-order valence-electron chi connectivity index (χ0n) is 8.29. The lowest BCUT2D eigenvalue weighted by molar-refractivity contribution is 0.250. The van der Waals surface area contributed by atoms with Crippen LogP contribution in [0.3, 0.4) is 0 Å². The van der Waals surface area contributed by atoms with Gasteiger partial charge in [0.2, 0.25) is 0 Å². The Hall–Kier alpha value is -0.410. The summed E-state index contributed by atoms with van der Waals surface area (Å²) >= 11 is 1.82. The Kier molecular flexibility index (Phi) is 2.65. The van der Waals surface area contributed by atoms with Gasteiger partial charge in [-0.15, -0.1) is 11.3 Å². The Morgan fingerprint density at radius 1 is 1.62 bits per heavy atom. The van der Waals surface area contributed by atoms with E-state index in [1.165, 1.54) is 36.6 Å². The minimum Gasteiger partial charge on any atom is -0.306 e. The van der Waals surface area contributed by atoms with Crippen LogP contribution < -0.4 is 0 Å². The SMILES string of the molecule is Cc1csc(C2CCCN(C)C2)n1. The van der Waals surface area contributed by atoms with Crippen LogP contribution in [0.4, 0.5) is 0 Å². The number of hydrogen-bond acceptors (Lipinski definition) is 3. The summed E-state index contributed by atoms with van der Waals surface area (Å²) in [5.74, 6) is 0.692. The number of nitrogens with zero attached hydrogens (tertiary/aromatic N) is 2. The van der Waals surface area contributed by atoms with Crippen molar-refractivity contribution in [2.24, 2.45) is 0 Å². The average Bonchev–Trinajstić information content (AvgIpc) is 2.52. The van der Waals surface area contributed by atoms with E-state index >= 15 is 0 Å². The van der Waals surface area contributed by atoms with E-state index < -0.39 is 0 Å². The molecule has 1 aliphatic heterocycles. The van der Waals surface area contributed by atoms with Crippen molar-refractivity contribution < 1.29 is 0 Å². The van der Waals surface area contributed by atoms with Crippen molar-refractivity contribution in [3.63, 3.8) is 0 Å². The molecule has 1 fully saturated rings. The molecule has 1 unspecified atom stereocenters. The molecule has 0 radical (unpaired) electrons. The van der Waals surface area contributed by atoms with E-state index in [2.05, 4.69) is 29.2 Å². The predicted octanol–water partition coefficient (Wildman–Crippen LogP) is 2.26. The van der Waals surface area contributed by atoms with Crippen LogP contribution in [0.15, 0.2) is 5.38 Å². The van der Waals surface area contributed by atoms with E-state index in [9.17, 15) is 0 Å². The van der Waals surface area contributed by atoms with Gasteiger partial charge in [0.15, 0.2) is 0 Å². The number of likely N-dealkylation sites (N-methyl/N-ethyl adjacent to an activating group) is 1. The van der Waals surface area contributed by atoms with Crippen LogP contribution in [0.5, 0.6) is 0 Å². The minimum absolute atomic E-state index is 0.692. The number of aryl methyl sites for hydroxylation is 1. The lowest BCUT2D eigenvalue weighted by Crippen LogP contribution is -2.30. The first-order valence-corrected chi connectivity index (χ1v) is 5.74. The molecular weight excluding hydrogens is 180 g/mol. The zero-order chi connectivity index (χ0) is 9.26. The molecule has 72 valence electrons. The molecule has 13 heavy (non-hydrogen) atoms. The Balaban J connectivity index is 2.08.